The molecule has 0 amide bonds. The quantitative estimate of drug-likeness (QED) is 0.782. The maximum atomic E-state index is 13.4. The summed E-state index contributed by atoms with van der Waals surface area (Å²) in [5, 5.41) is 8.84. The first kappa shape index (κ1) is 22.4. The van der Waals surface area contributed by atoms with E-state index < -0.39 is 5.82 Å². The van der Waals surface area contributed by atoms with Crippen LogP contribution in [0.1, 0.15) is 31.7 Å². The summed E-state index contributed by atoms with van der Waals surface area (Å²) in [5.41, 5.74) is 0.892. The van der Waals surface area contributed by atoms with Crippen LogP contribution in [0, 0.1) is 41.8 Å². The van der Waals surface area contributed by atoms with Crippen LogP contribution >= 0.6 is 0 Å². The molecule has 0 aliphatic heterocycles. The van der Waals surface area contributed by atoms with Crippen molar-refractivity contribution in [1.29, 1.82) is 5.26 Å². The van der Waals surface area contributed by atoms with Gasteiger partial charge < -0.3 is 4.90 Å². The third-order valence-corrected chi connectivity index (χ3v) is 2.73. The topological polar surface area (TPSA) is 52.8 Å². The SMILES string of the molecule is C#C.CC.CN(/C=C\CC#Cc1ncccn1)c1cc(F)cc(C#N)c1. The van der Waals surface area contributed by atoms with E-state index in [0.29, 0.717) is 17.9 Å². The van der Waals surface area contributed by atoms with E-state index in [1.165, 1.54) is 12.1 Å². The maximum Gasteiger partial charge on any atom is 0.204 e. The lowest BCUT2D eigenvalue weighted by molar-refractivity contribution is 0.627. The zero-order valence-corrected chi connectivity index (χ0v) is 15.1. The molecule has 5 heteroatoms. The van der Waals surface area contributed by atoms with Gasteiger partial charge >= 0.3 is 0 Å². The molecule has 26 heavy (non-hydrogen) atoms. The Morgan fingerprint density at radius 2 is 1.85 bits per heavy atom. The van der Waals surface area contributed by atoms with Gasteiger partial charge in [0.25, 0.3) is 0 Å². The van der Waals surface area contributed by atoms with E-state index in [0.717, 1.165) is 0 Å². The minimum atomic E-state index is -0.435. The highest BCUT2D eigenvalue weighted by atomic mass is 19.1. The van der Waals surface area contributed by atoms with Gasteiger partial charge in [-0.25, -0.2) is 14.4 Å². The Labute approximate surface area is 155 Å². The van der Waals surface area contributed by atoms with Gasteiger partial charge in [0.15, 0.2) is 0 Å². The molecule has 0 N–H and O–H groups in total. The van der Waals surface area contributed by atoms with Crippen LogP contribution in [-0.2, 0) is 0 Å². The minimum absolute atomic E-state index is 0.288. The molecule has 0 atom stereocenters. The van der Waals surface area contributed by atoms with Crippen LogP contribution in [0.3, 0.4) is 0 Å². The summed E-state index contributed by atoms with van der Waals surface area (Å²) >= 11 is 0. The van der Waals surface area contributed by atoms with E-state index in [1.807, 2.05) is 26.0 Å². The number of halogens is 1. The van der Waals surface area contributed by atoms with Gasteiger partial charge in [0, 0.05) is 37.7 Å². The molecule has 0 saturated heterocycles. The van der Waals surface area contributed by atoms with E-state index in [-0.39, 0.29) is 5.56 Å². The molecule has 0 aliphatic carbocycles. The van der Waals surface area contributed by atoms with Crippen LogP contribution in [0.5, 0.6) is 0 Å². The van der Waals surface area contributed by atoms with Crippen LogP contribution in [-0.4, -0.2) is 17.0 Å². The third kappa shape index (κ3) is 8.29. The molecule has 1 heterocycles. The van der Waals surface area contributed by atoms with Crippen molar-refractivity contribution in [2.45, 2.75) is 20.3 Å². The Bertz CT molecular complexity index is 809. The standard InChI is InChI=1S/C17H13FN4.C2H6.C2H2/c1-22(16-11-14(13-19)10-15(18)12-16)9-4-2-3-6-17-20-7-5-8-21-17;2*1-2/h4-5,7-12H,2H2,1H3;1-2H3;1-2H/b9-4-;;. The molecule has 0 saturated carbocycles. The van der Waals surface area contributed by atoms with Gasteiger partial charge in [-0.1, -0.05) is 25.8 Å². The van der Waals surface area contributed by atoms with Gasteiger partial charge in [-0.05, 0) is 30.2 Å². The number of nitrogens with zero attached hydrogens (tertiary/aromatic N) is 4. The fraction of sp³-hybridized carbons (Fsp3) is 0.190. The van der Waals surface area contributed by atoms with Crippen LogP contribution in [0.4, 0.5) is 10.1 Å². The Balaban J connectivity index is 0.00000146. The molecule has 4 nitrogen and oxygen atoms in total. The zero-order valence-electron chi connectivity index (χ0n) is 15.1. The Hall–Kier alpha value is -3.62. The van der Waals surface area contributed by atoms with Crippen molar-refractivity contribution < 1.29 is 4.39 Å². The van der Waals surface area contributed by atoms with Crippen LogP contribution in [0.2, 0.25) is 0 Å². The fourth-order valence-corrected chi connectivity index (χ4v) is 1.69. The number of anilines is 1. The summed E-state index contributed by atoms with van der Waals surface area (Å²) in [6.45, 7) is 4.00. The molecule has 1 aromatic heterocycles. The number of rotatable bonds is 3. The first-order valence-electron chi connectivity index (χ1n) is 7.88. The van der Waals surface area contributed by atoms with Crippen LogP contribution < -0.4 is 4.90 Å². The van der Waals surface area contributed by atoms with Gasteiger partial charge in [0.1, 0.15) is 5.82 Å². The van der Waals surface area contributed by atoms with E-state index in [2.05, 4.69) is 34.7 Å². The van der Waals surface area contributed by atoms with Crippen molar-refractivity contribution in [2.24, 2.45) is 0 Å². The normalized spacial score (nSPS) is 8.65. The third-order valence-electron chi connectivity index (χ3n) is 2.73. The van der Waals surface area contributed by atoms with E-state index in [9.17, 15) is 4.39 Å². The summed E-state index contributed by atoms with van der Waals surface area (Å²) in [7, 11) is 1.78. The molecule has 2 rings (SSSR count). The predicted molar refractivity (Wildman–Crippen MR) is 103 cm³/mol. The molecule has 0 aliphatic rings. The second kappa shape index (κ2) is 13.8. The predicted octanol–water partition coefficient (Wildman–Crippen LogP) is 4.15. The molecule has 0 fully saturated rings. The highest BCUT2D eigenvalue weighted by Crippen LogP contribution is 2.17. The second-order valence-electron chi connectivity index (χ2n) is 4.38. The lowest BCUT2D eigenvalue weighted by Gasteiger charge is -2.14. The summed E-state index contributed by atoms with van der Waals surface area (Å²) < 4.78 is 13.4. The van der Waals surface area contributed by atoms with E-state index >= 15 is 0 Å². The molecular formula is C21H21FN4. The summed E-state index contributed by atoms with van der Waals surface area (Å²) in [6.07, 6.45) is 15.4. The average molecular weight is 348 g/mol. The Kier molecular flexibility index (Phi) is 11.9. The van der Waals surface area contributed by atoms with Crippen molar-refractivity contribution in [2.75, 3.05) is 11.9 Å². The number of allylic oxidation sites excluding steroid dienone is 1. The van der Waals surface area contributed by atoms with E-state index in [1.54, 1.807) is 42.7 Å². The monoisotopic (exact) mass is 348 g/mol. The van der Waals surface area contributed by atoms with Crippen molar-refractivity contribution in [3.8, 4) is 30.8 Å². The molecule has 2 aromatic rings. The number of hydrogen-bond donors (Lipinski definition) is 0. The number of hydrogen-bond acceptors (Lipinski definition) is 4. The molecule has 0 bridgehead atoms. The molecule has 0 spiro atoms. The lowest BCUT2D eigenvalue weighted by Crippen LogP contribution is -2.08. The van der Waals surface area contributed by atoms with Gasteiger partial charge in [-0.3, -0.25) is 0 Å². The number of aromatic nitrogens is 2. The second-order valence-corrected chi connectivity index (χ2v) is 4.38. The molecule has 1 aromatic carbocycles. The smallest absolute Gasteiger partial charge is 0.204 e. The largest absolute Gasteiger partial charge is 0.351 e. The van der Waals surface area contributed by atoms with Gasteiger partial charge in [-0.15, -0.1) is 12.8 Å². The maximum absolute atomic E-state index is 13.4. The van der Waals surface area contributed by atoms with Gasteiger partial charge in [0.2, 0.25) is 5.82 Å². The first-order chi connectivity index (χ1) is 12.7. The number of terminal acetylenes is 1. The van der Waals surface area contributed by atoms with Crippen molar-refractivity contribution in [3.05, 3.63) is 66.1 Å². The van der Waals surface area contributed by atoms with Gasteiger partial charge in [0.05, 0.1) is 11.6 Å². The van der Waals surface area contributed by atoms with Crippen molar-refractivity contribution in [1.82, 2.24) is 9.97 Å². The molecular weight excluding hydrogens is 327 g/mol. The minimum Gasteiger partial charge on any atom is -0.351 e. The summed E-state index contributed by atoms with van der Waals surface area (Å²) in [6, 6.07) is 7.85. The fourth-order valence-electron chi connectivity index (χ4n) is 1.69. The lowest BCUT2D eigenvalue weighted by atomic mass is 10.2. The molecule has 0 unspecified atom stereocenters. The molecule has 0 radical (unpaired) electrons. The highest BCUT2D eigenvalue weighted by Gasteiger charge is 2.02. The average Bonchev–Trinajstić information content (AvgIpc) is 2.71. The van der Waals surface area contributed by atoms with E-state index in [4.69, 9.17) is 5.26 Å². The zero-order chi connectivity index (χ0) is 19.8. The van der Waals surface area contributed by atoms with Crippen molar-refractivity contribution in [3.63, 3.8) is 0 Å². The molecule has 132 valence electrons. The van der Waals surface area contributed by atoms with Gasteiger partial charge in [-0.2, -0.15) is 5.26 Å². The summed E-state index contributed by atoms with van der Waals surface area (Å²) in [5.74, 6) is 5.81. The number of nitriles is 1. The summed E-state index contributed by atoms with van der Waals surface area (Å²) in [4.78, 5) is 9.72. The Morgan fingerprint density at radius 1 is 1.19 bits per heavy atom. The highest BCUT2D eigenvalue weighted by molar-refractivity contribution is 5.53. The van der Waals surface area contributed by atoms with Crippen molar-refractivity contribution >= 4 is 5.69 Å². The Morgan fingerprint density at radius 3 is 2.46 bits per heavy atom. The first-order valence-corrected chi connectivity index (χ1v) is 7.88. The van der Waals surface area contributed by atoms with Crippen LogP contribution in [0.15, 0.2) is 48.9 Å². The van der Waals surface area contributed by atoms with Crippen LogP contribution in [0.25, 0.3) is 0 Å². The number of benzene rings is 1.